The minimum Gasteiger partial charge on any atom is -0.381 e. The van der Waals surface area contributed by atoms with Crippen molar-refractivity contribution in [1.29, 1.82) is 0 Å². The molecule has 2 rings (SSSR count). The van der Waals surface area contributed by atoms with Crippen molar-refractivity contribution < 1.29 is 0 Å². The van der Waals surface area contributed by atoms with Gasteiger partial charge in [-0.3, -0.25) is 0 Å². The summed E-state index contributed by atoms with van der Waals surface area (Å²) in [4.78, 5) is 0. The largest absolute Gasteiger partial charge is 0.381 e. The van der Waals surface area contributed by atoms with Crippen LogP contribution >= 0.6 is 31.9 Å². The number of rotatable bonds is 3. The van der Waals surface area contributed by atoms with Crippen LogP contribution in [0.1, 0.15) is 19.0 Å². The zero-order valence-corrected chi connectivity index (χ0v) is 12.5. The minimum atomic E-state index is 0.502. The lowest BCUT2D eigenvalue weighted by Crippen LogP contribution is -2.04. The third-order valence-corrected chi connectivity index (χ3v) is 3.55. The number of nitrogens with zero attached hydrogens (tertiary/aromatic N) is 3. The predicted octanol–water partition coefficient (Wildman–Crippen LogP) is 3.33. The number of halogens is 2. The summed E-state index contributed by atoms with van der Waals surface area (Å²) in [6, 6.07) is 5.91. The van der Waals surface area contributed by atoms with Gasteiger partial charge >= 0.3 is 0 Å². The lowest BCUT2D eigenvalue weighted by atomic mass is 10.2. The Hall–Kier alpha value is -0.880. The van der Waals surface area contributed by atoms with Gasteiger partial charge in [-0.25, -0.2) is 4.68 Å². The van der Waals surface area contributed by atoms with Crippen molar-refractivity contribution in [2.45, 2.75) is 19.8 Å². The number of nitrogen functional groups attached to an aromatic ring is 1. The number of hydrogen-bond acceptors (Lipinski definition) is 3. The summed E-state index contributed by atoms with van der Waals surface area (Å²) in [5.74, 6) is 0.502. The molecule has 0 aliphatic rings. The van der Waals surface area contributed by atoms with Crippen molar-refractivity contribution in [3.05, 3.63) is 32.8 Å². The Balaban J connectivity index is 2.52. The molecule has 0 aliphatic carbocycles. The first-order valence-electron chi connectivity index (χ1n) is 5.29. The first-order valence-corrected chi connectivity index (χ1v) is 6.87. The Morgan fingerprint density at radius 2 is 2.12 bits per heavy atom. The van der Waals surface area contributed by atoms with E-state index >= 15 is 0 Å². The van der Waals surface area contributed by atoms with Crippen LogP contribution in [0, 0.1) is 0 Å². The molecule has 0 unspecified atom stereocenters. The van der Waals surface area contributed by atoms with E-state index in [-0.39, 0.29) is 0 Å². The SMILES string of the molecule is CCCc1c(N)nnn1-c1ccc(Br)cc1Br. The van der Waals surface area contributed by atoms with E-state index in [1.165, 1.54) is 0 Å². The summed E-state index contributed by atoms with van der Waals surface area (Å²) >= 11 is 6.94. The molecule has 1 heterocycles. The maximum absolute atomic E-state index is 5.83. The number of anilines is 1. The molecule has 1 aromatic heterocycles. The van der Waals surface area contributed by atoms with Crippen molar-refractivity contribution in [2.24, 2.45) is 0 Å². The van der Waals surface area contributed by atoms with Crippen LogP contribution < -0.4 is 5.73 Å². The fourth-order valence-electron chi connectivity index (χ4n) is 1.63. The van der Waals surface area contributed by atoms with E-state index in [1.807, 2.05) is 18.2 Å². The molecule has 17 heavy (non-hydrogen) atoms. The fraction of sp³-hybridized carbons (Fsp3) is 0.273. The third kappa shape index (κ3) is 2.52. The topological polar surface area (TPSA) is 56.7 Å². The number of benzene rings is 1. The molecule has 0 spiro atoms. The predicted molar refractivity (Wildman–Crippen MR) is 75.2 cm³/mol. The van der Waals surface area contributed by atoms with E-state index in [4.69, 9.17) is 5.73 Å². The smallest absolute Gasteiger partial charge is 0.169 e. The molecule has 0 saturated heterocycles. The van der Waals surface area contributed by atoms with Gasteiger partial charge in [0, 0.05) is 8.95 Å². The van der Waals surface area contributed by atoms with E-state index in [1.54, 1.807) is 4.68 Å². The van der Waals surface area contributed by atoms with Crippen molar-refractivity contribution in [3.63, 3.8) is 0 Å². The average Bonchev–Trinajstić information content (AvgIpc) is 2.62. The van der Waals surface area contributed by atoms with Crippen LogP contribution in [-0.4, -0.2) is 15.0 Å². The van der Waals surface area contributed by atoms with E-state index in [2.05, 4.69) is 49.1 Å². The normalized spacial score (nSPS) is 10.8. The Morgan fingerprint density at radius 1 is 1.35 bits per heavy atom. The van der Waals surface area contributed by atoms with E-state index in [9.17, 15) is 0 Å². The van der Waals surface area contributed by atoms with Gasteiger partial charge in [-0.15, -0.1) is 5.10 Å². The summed E-state index contributed by atoms with van der Waals surface area (Å²) in [5, 5.41) is 8.02. The third-order valence-electron chi connectivity index (χ3n) is 2.42. The molecule has 1 aromatic carbocycles. The van der Waals surface area contributed by atoms with Crippen LogP contribution in [0.15, 0.2) is 27.1 Å². The highest BCUT2D eigenvalue weighted by Gasteiger charge is 2.13. The molecule has 0 aliphatic heterocycles. The van der Waals surface area contributed by atoms with Gasteiger partial charge in [-0.05, 0) is 40.5 Å². The monoisotopic (exact) mass is 358 g/mol. The summed E-state index contributed by atoms with van der Waals surface area (Å²) in [6.45, 7) is 2.10. The summed E-state index contributed by atoms with van der Waals surface area (Å²) < 4.78 is 3.75. The molecule has 90 valence electrons. The molecular weight excluding hydrogens is 348 g/mol. The second kappa shape index (κ2) is 5.18. The average molecular weight is 360 g/mol. The second-order valence-corrected chi connectivity index (χ2v) is 5.45. The van der Waals surface area contributed by atoms with Gasteiger partial charge < -0.3 is 5.73 Å². The zero-order valence-electron chi connectivity index (χ0n) is 9.32. The molecule has 2 N–H and O–H groups in total. The van der Waals surface area contributed by atoms with Crippen LogP contribution in [-0.2, 0) is 6.42 Å². The van der Waals surface area contributed by atoms with Gasteiger partial charge in [-0.2, -0.15) is 0 Å². The molecular formula is C11H12Br2N4. The Kier molecular flexibility index (Phi) is 3.83. The van der Waals surface area contributed by atoms with Crippen molar-refractivity contribution >= 4 is 37.7 Å². The maximum atomic E-state index is 5.83. The molecule has 2 aromatic rings. The Morgan fingerprint density at radius 3 is 2.76 bits per heavy atom. The Bertz CT molecular complexity index is 536. The molecule has 0 fully saturated rings. The van der Waals surface area contributed by atoms with Gasteiger partial charge in [0.15, 0.2) is 5.82 Å². The first-order chi connectivity index (χ1) is 8.13. The molecule has 6 heteroatoms. The molecule has 4 nitrogen and oxygen atoms in total. The van der Waals surface area contributed by atoms with Crippen LogP contribution in [0.4, 0.5) is 5.82 Å². The second-order valence-electron chi connectivity index (χ2n) is 3.68. The van der Waals surface area contributed by atoms with Gasteiger partial charge in [0.1, 0.15) is 0 Å². The quantitative estimate of drug-likeness (QED) is 0.914. The van der Waals surface area contributed by atoms with Crippen LogP contribution in [0.25, 0.3) is 5.69 Å². The summed E-state index contributed by atoms with van der Waals surface area (Å²) in [7, 11) is 0. The first kappa shape index (κ1) is 12.6. The summed E-state index contributed by atoms with van der Waals surface area (Å²) in [6.07, 6.45) is 1.87. The van der Waals surface area contributed by atoms with Crippen molar-refractivity contribution in [3.8, 4) is 5.69 Å². The van der Waals surface area contributed by atoms with Crippen molar-refractivity contribution in [2.75, 3.05) is 5.73 Å². The molecule has 0 amide bonds. The van der Waals surface area contributed by atoms with Gasteiger partial charge in [0.2, 0.25) is 0 Å². The van der Waals surface area contributed by atoms with Crippen LogP contribution in [0.5, 0.6) is 0 Å². The molecule has 0 saturated carbocycles. The lowest BCUT2D eigenvalue weighted by molar-refractivity contribution is 0.743. The zero-order chi connectivity index (χ0) is 12.4. The highest BCUT2D eigenvalue weighted by atomic mass is 79.9. The standard InChI is InChI=1S/C11H12Br2N4/c1-2-3-10-11(14)15-16-17(10)9-5-4-7(12)6-8(9)13/h4-6H,2-3,14H2,1H3. The number of hydrogen-bond donors (Lipinski definition) is 1. The highest BCUT2D eigenvalue weighted by Crippen LogP contribution is 2.26. The minimum absolute atomic E-state index is 0.502. The van der Waals surface area contributed by atoms with Crippen LogP contribution in [0.3, 0.4) is 0 Å². The van der Waals surface area contributed by atoms with E-state index < -0.39 is 0 Å². The lowest BCUT2D eigenvalue weighted by Gasteiger charge is -2.08. The summed E-state index contributed by atoms with van der Waals surface area (Å²) in [5.41, 5.74) is 7.73. The molecule has 0 radical (unpaired) electrons. The van der Waals surface area contributed by atoms with Gasteiger partial charge in [0.05, 0.1) is 11.4 Å². The van der Waals surface area contributed by atoms with Gasteiger partial charge in [0.25, 0.3) is 0 Å². The Labute approximate surface area is 116 Å². The fourth-order valence-corrected chi connectivity index (χ4v) is 2.85. The number of nitrogens with two attached hydrogens (primary N) is 1. The van der Waals surface area contributed by atoms with Crippen LogP contribution in [0.2, 0.25) is 0 Å². The number of aromatic nitrogens is 3. The maximum Gasteiger partial charge on any atom is 0.169 e. The molecule has 0 bridgehead atoms. The molecule has 0 atom stereocenters. The highest BCUT2D eigenvalue weighted by molar-refractivity contribution is 9.11. The van der Waals surface area contributed by atoms with Gasteiger partial charge in [-0.1, -0.05) is 34.5 Å². The van der Waals surface area contributed by atoms with E-state index in [0.29, 0.717) is 5.82 Å². The van der Waals surface area contributed by atoms with E-state index in [0.717, 1.165) is 33.2 Å². The van der Waals surface area contributed by atoms with Crippen molar-refractivity contribution in [1.82, 2.24) is 15.0 Å².